The third kappa shape index (κ3) is 5.20. The Bertz CT molecular complexity index is 755. The normalized spacial score (nSPS) is 24.9. The highest BCUT2D eigenvalue weighted by Crippen LogP contribution is 2.26. The summed E-state index contributed by atoms with van der Waals surface area (Å²) in [7, 11) is -3.51. The van der Waals surface area contributed by atoms with Crippen LogP contribution in [0.3, 0.4) is 0 Å². The zero-order valence-corrected chi connectivity index (χ0v) is 17.8. The van der Waals surface area contributed by atoms with Gasteiger partial charge >= 0.3 is 0 Å². The van der Waals surface area contributed by atoms with E-state index in [9.17, 15) is 13.2 Å². The summed E-state index contributed by atoms with van der Waals surface area (Å²) in [6, 6.07) is 6.21. The van der Waals surface area contributed by atoms with Crippen LogP contribution in [0.25, 0.3) is 0 Å². The Morgan fingerprint density at radius 3 is 2.32 bits per heavy atom. The molecule has 0 unspecified atom stereocenters. The summed E-state index contributed by atoms with van der Waals surface area (Å²) in [5.41, 5.74) is 0.524. The average Bonchev–Trinajstić information content (AvgIpc) is 2.70. The Hall–Kier alpha value is -1.28. The number of benzene rings is 1. The molecule has 1 aliphatic carbocycles. The summed E-state index contributed by atoms with van der Waals surface area (Å²) in [5.74, 6) is 0.576. The lowest BCUT2D eigenvalue weighted by Crippen LogP contribution is -2.49. The van der Waals surface area contributed by atoms with E-state index in [2.05, 4.69) is 11.8 Å². The lowest BCUT2D eigenvalue weighted by Gasteiger charge is -2.35. The number of Topliss-reactive ketones (excluding diaryl/α,β-unsaturated/α-hetero) is 1. The molecule has 6 nitrogen and oxygen atoms in total. The molecule has 28 heavy (non-hydrogen) atoms. The second kappa shape index (κ2) is 9.48. The molecular formula is C21H32N2O4S. The molecule has 3 rings (SSSR count). The van der Waals surface area contributed by atoms with Gasteiger partial charge in [-0.2, -0.15) is 4.31 Å². The SMILES string of the molecule is CC(=O)c1ccc(S(=O)(=O)N2CCN(CCO[C@@H]3CCCC[C@@H]3C)CC2)cc1. The van der Waals surface area contributed by atoms with E-state index in [0.717, 1.165) is 13.0 Å². The second-order valence-electron chi connectivity index (χ2n) is 8.00. The molecule has 1 aromatic rings. The first kappa shape index (κ1) is 21.4. The van der Waals surface area contributed by atoms with E-state index in [1.54, 1.807) is 12.1 Å². The Morgan fingerprint density at radius 2 is 1.71 bits per heavy atom. The summed E-state index contributed by atoms with van der Waals surface area (Å²) in [5, 5.41) is 0. The molecule has 1 saturated heterocycles. The van der Waals surface area contributed by atoms with Crippen molar-refractivity contribution in [1.82, 2.24) is 9.21 Å². The predicted molar refractivity (Wildman–Crippen MR) is 109 cm³/mol. The minimum absolute atomic E-state index is 0.0672. The van der Waals surface area contributed by atoms with Crippen LogP contribution >= 0.6 is 0 Å². The van der Waals surface area contributed by atoms with Gasteiger partial charge in [0.05, 0.1) is 17.6 Å². The number of ether oxygens (including phenoxy) is 1. The van der Waals surface area contributed by atoms with Crippen LogP contribution in [0.1, 0.15) is 49.9 Å². The molecule has 1 aromatic carbocycles. The fourth-order valence-corrected chi connectivity index (χ4v) is 5.49. The van der Waals surface area contributed by atoms with Crippen molar-refractivity contribution in [2.24, 2.45) is 5.92 Å². The summed E-state index contributed by atoms with van der Waals surface area (Å²) >= 11 is 0. The van der Waals surface area contributed by atoms with Gasteiger partial charge in [-0.25, -0.2) is 8.42 Å². The summed E-state index contributed by atoms with van der Waals surface area (Å²) in [4.78, 5) is 13.9. The zero-order chi connectivity index (χ0) is 20.1. The number of rotatable bonds is 7. The molecule has 0 spiro atoms. The van der Waals surface area contributed by atoms with Crippen LogP contribution in [-0.4, -0.2) is 68.8 Å². The van der Waals surface area contributed by atoms with E-state index in [0.29, 0.717) is 50.4 Å². The number of sulfonamides is 1. The third-order valence-corrected chi connectivity index (χ3v) is 7.91. The highest BCUT2D eigenvalue weighted by Gasteiger charge is 2.29. The summed E-state index contributed by atoms with van der Waals surface area (Å²) < 4.78 is 33.3. The molecule has 0 N–H and O–H groups in total. The van der Waals surface area contributed by atoms with E-state index in [1.165, 1.54) is 42.6 Å². The van der Waals surface area contributed by atoms with Gasteiger partial charge in [0.15, 0.2) is 5.78 Å². The van der Waals surface area contributed by atoms with Gasteiger partial charge in [-0.15, -0.1) is 0 Å². The van der Waals surface area contributed by atoms with Gasteiger partial charge in [0, 0.05) is 38.3 Å². The van der Waals surface area contributed by atoms with Gasteiger partial charge in [-0.3, -0.25) is 9.69 Å². The zero-order valence-electron chi connectivity index (χ0n) is 17.0. The number of carbonyl (C=O) groups is 1. The fourth-order valence-electron chi connectivity index (χ4n) is 4.07. The van der Waals surface area contributed by atoms with Crippen molar-refractivity contribution in [1.29, 1.82) is 0 Å². The van der Waals surface area contributed by atoms with Crippen molar-refractivity contribution >= 4 is 15.8 Å². The maximum Gasteiger partial charge on any atom is 0.243 e. The van der Waals surface area contributed by atoms with Gasteiger partial charge in [0.25, 0.3) is 0 Å². The van der Waals surface area contributed by atoms with Crippen LogP contribution in [0.4, 0.5) is 0 Å². The fraction of sp³-hybridized carbons (Fsp3) is 0.667. The first-order valence-corrected chi connectivity index (χ1v) is 11.8. The van der Waals surface area contributed by atoms with E-state index in [1.807, 2.05) is 0 Å². The summed E-state index contributed by atoms with van der Waals surface area (Å²) in [6.45, 7) is 7.71. The molecule has 1 heterocycles. The van der Waals surface area contributed by atoms with Crippen molar-refractivity contribution in [3.8, 4) is 0 Å². The van der Waals surface area contributed by atoms with Crippen LogP contribution in [0.5, 0.6) is 0 Å². The van der Waals surface area contributed by atoms with E-state index in [-0.39, 0.29) is 10.7 Å². The lowest BCUT2D eigenvalue weighted by molar-refractivity contribution is -0.0160. The number of nitrogens with zero attached hydrogens (tertiary/aromatic N) is 2. The van der Waals surface area contributed by atoms with Crippen molar-refractivity contribution in [3.05, 3.63) is 29.8 Å². The van der Waals surface area contributed by atoms with Crippen LogP contribution in [0.2, 0.25) is 0 Å². The molecule has 0 aromatic heterocycles. The maximum atomic E-state index is 12.8. The van der Waals surface area contributed by atoms with Gasteiger partial charge in [-0.05, 0) is 37.8 Å². The molecule has 0 amide bonds. The number of ketones is 1. The molecule has 1 saturated carbocycles. The van der Waals surface area contributed by atoms with Crippen LogP contribution in [0, 0.1) is 5.92 Å². The number of piperazine rings is 1. The minimum atomic E-state index is -3.51. The lowest BCUT2D eigenvalue weighted by atomic mass is 9.88. The number of carbonyl (C=O) groups excluding carboxylic acids is 1. The minimum Gasteiger partial charge on any atom is -0.377 e. The predicted octanol–water partition coefficient (Wildman–Crippen LogP) is 2.79. The van der Waals surface area contributed by atoms with Crippen LogP contribution in [0.15, 0.2) is 29.2 Å². The van der Waals surface area contributed by atoms with E-state index < -0.39 is 10.0 Å². The molecule has 0 radical (unpaired) electrons. The Morgan fingerprint density at radius 1 is 1.07 bits per heavy atom. The Kier molecular flexibility index (Phi) is 7.25. The van der Waals surface area contributed by atoms with Crippen molar-refractivity contribution in [2.75, 3.05) is 39.3 Å². The van der Waals surface area contributed by atoms with Crippen molar-refractivity contribution in [2.45, 2.75) is 50.5 Å². The Balaban J connectivity index is 1.46. The second-order valence-corrected chi connectivity index (χ2v) is 9.94. The molecule has 7 heteroatoms. The number of hydrogen-bond acceptors (Lipinski definition) is 5. The first-order chi connectivity index (χ1) is 13.4. The van der Waals surface area contributed by atoms with E-state index in [4.69, 9.17) is 4.74 Å². The largest absolute Gasteiger partial charge is 0.377 e. The monoisotopic (exact) mass is 408 g/mol. The molecule has 2 aliphatic rings. The van der Waals surface area contributed by atoms with Gasteiger partial charge < -0.3 is 4.74 Å². The molecule has 2 atom stereocenters. The van der Waals surface area contributed by atoms with Crippen LogP contribution in [-0.2, 0) is 14.8 Å². The molecule has 156 valence electrons. The average molecular weight is 409 g/mol. The van der Waals surface area contributed by atoms with Crippen molar-refractivity contribution in [3.63, 3.8) is 0 Å². The maximum absolute atomic E-state index is 12.8. The highest BCUT2D eigenvalue weighted by atomic mass is 32.2. The molecule has 1 aliphatic heterocycles. The quantitative estimate of drug-likeness (QED) is 0.649. The van der Waals surface area contributed by atoms with Crippen molar-refractivity contribution < 1.29 is 17.9 Å². The van der Waals surface area contributed by atoms with Gasteiger partial charge in [0.2, 0.25) is 10.0 Å². The molecule has 0 bridgehead atoms. The molecular weight excluding hydrogens is 376 g/mol. The first-order valence-electron chi connectivity index (χ1n) is 10.3. The van der Waals surface area contributed by atoms with Crippen LogP contribution < -0.4 is 0 Å². The number of hydrogen-bond donors (Lipinski definition) is 0. The smallest absolute Gasteiger partial charge is 0.243 e. The third-order valence-electron chi connectivity index (χ3n) is 6.00. The topological polar surface area (TPSA) is 66.9 Å². The Labute approximate surface area is 168 Å². The van der Waals surface area contributed by atoms with Gasteiger partial charge in [0.1, 0.15) is 0 Å². The standard InChI is InChI=1S/C21H32N2O4S/c1-17-5-3-4-6-21(17)27-16-15-22-11-13-23(14-12-22)28(25,26)20-9-7-19(8-10-20)18(2)24/h7-10,17,21H,3-6,11-16H2,1-2H3/t17-,21+/m0/s1. The highest BCUT2D eigenvalue weighted by molar-refractivity contribution is 7.89. The molecule has 2 fully saturated rings. The van der Waals surface area contributed by atoms with Gasteiger partial charge in [-0.1, -0.05) is 31.9 Å². The van der Waals surface area contributed by atoms with E-state index >= 15 is 0 Å². The summed E-state index contributed by atoms with van der Waals surface area (Å²) in [6.07, 6.45) is 5.38.